The van der Waals surface area contributed by atoms with Crippen LogP contribution in [0.5, 0.6) is 0 Å². The van der Waals surface area contributed by atoms with Crippen molar-refractivity contribution in [1.29, 1.82) is 0 Å². The van der Waals surface area contributed by atoms with E-state index in [1.165, 1.54) is 26.8 Å². The molecular formula is C22H27N3O3S4. The number of amides is 1. The summed E-state index contributed by atoms with van der Waals surface area (Å²) in [6, 6.07) is 7.65. The first-order valence-corrected chi connectivity index (χ1v) is 15.1. The third kappa shape index (κ3) is 4.75. The molecule has 1 aromatic carbocycles. The molecule has 3 heterocycles. The molecule has 3 aromatic rings. The van der Waals surface area contributed by atoms with E-state index in [2.05, 4.69) is 41.8 Å². The summed E-state index contributed by atoms with van der Waals surface area (Å²) in [5.41, 5.74) is 3.48. The number of aromatic nitrogens is 1. The van der Waals surface area contributed by atoms with Gasteiger partial charge < -0.3 is 4.57 Å². The number of hydrogen-bond acceptors (Lipinski definition) is 6. The minimum atomic E-state index is -3.56. The van der Waals surface area contributed by atoms with E-state index in [4.69, 9.17) is 0 Å². The summed E-state index contributed by atoms with van der Waals surface area (Å²) in [6.07, 6.45) is 3.39. The first-order valence-electron chi connectivity index (χ1n) is 10.5. The summed E-state index contributed by atoms with van der Waals surface area (Å²) in [5, 5.41) is 1.76. The minimum Gasteiger partial charge on any atom is -0.315 e. The number of hydrogen-bond donors (Lipinski definition) is 0. The standard InChI is InChI=1S/C22H27N3O3S4/c1-15-12-16(2)20-18(13-15)25(9-11-29-3)22(31-20)23-21(26)17-6-4-8-24(14-17)32(27,28)19-7-5-10-30-19/h5,7,10,12-13,17H,4,6,8-9,11,14H2,1-3H3. The Balaban J connectivity index is 1.66. The molecule has 1 aliphatic heterocycles. The van der Waals surface area contributed by atoms with Crippen molar-refractivity contribution in [2.24, 2.45) is 10.9 Å². The molecule has 172 valence electrons. The Morgan fingerprint density at radius 1 is 1.31 bits per heavy atom. The summed E-state index contributed by atoms with van der Waals surface area (Å²) >= 11 is 4.51. The van der Waals surface area contributed by atoms with Crippen molar-refractivity contribution in [3.8, 4) is 0 Å². The lowest BCUT2D eigenvalue weighted by Crippen LogP contribution is -2.42. The number of rotatable bonds is 6. The van der Waals surface area contributed by atoms with Crippen molar-refractivity contribution in [3.05, 3.63) is 45.6 Å². The van der Waals surface area contributed by atoms with Crippen LogP contribution in [0.25, 0.3) is 10.2 Å². The van der Waals surface area contributed by atoms with Gasteiger partial charge in [-0.2, -0.15) is 21.1 Å². The largest absolute Gasteiger partial charge is 0.315 e. The summed E-state index contributed by atoms with van der Waals surface area (Å²) in [6.45, 7) is 5.58. The third-order valence-electron chi connectivity index (χ3n) is 5.66. The molecule has 0 aliphatic carbocycles. The maximum Gasteiger partial charge on any atom is 0.252 e. The lowest BCUT2D eigenvalue weighted by atomic mass is 9.99. The average molecular weight is 510 g/mol. The molecular weight excluding hydrogens is 483 g/mol. The van der Waals surface area contributed by atoms with Crippen LogP contribution in [0.4, 0.5) is 0 Å². The zero-order valence-electron chi connectivity index (χ0n) is 18.4. The molecule has 0 spiro atoms. The highest BCUT2D eigenvalue weighted by Gasteiger charge is 2.33. The van der Waals surface area contributed by atoms with E-state index in [0.717, 1.165) is 22.5 Å². The van der Waals surface area contributed by atoms with Crippen molar-refractivity contribution in [3.63, 3.8) is 0 Å². The molecule has 0 saturated carbocycles. The van der Waals surface area contributed by atoms with Crippen molar-refractivity contribution in [1.82, 2.24) is 8.87 Å². The van der Waals surface area contributed by atoms with Gasteiger partial charge in [0.1, 0.15) is 4.21 Å². The second kappa shape index (κ2) is 9.80. The Morgan fingerprint density at radius 3 is 2.84 bits per heavy atom. The smallest absolute Gasteiger partial charge is 0.252 e. The quantitative estimate of drug-likeness (QED) is 0.497. The van der Waals surface area contributed by atoms with Gasteiger partial charge in [0.15, 0.2) is 4.80 Å². The van der Waals surface area contributed by atoms with Gasteiger partial charge in [0.25, 0.3) is 15.9 Å². The molecule has 1 fully saturated rings. The monoisotopic (exact) mass is 509 g/mol. The molecule has 1 atom stereocenters. The van der Waals surface area contributed by atoms with Crippen LogP contribution in [0, 0.1) is 19.8 Å². The van der Waals surface area contributed by atoms with Crippen LogP contribution in [0.2, 0.25) is 0 Å². The van der Waals surface area contributed by atoms with Crippen molar-refractivity contribution >= 4 is 60.6 Å². The molecule has 0 bridgehead atoms. The Bertz CT molecular complexity index is 1290. The van der Waals surface area contributed by atoms with Gasteiger partial charge in [0, 0.05) is 25.4 Å². The fourth-order valence-electron chi connectivity index (χ4n) is 4.08. The number of thioether (sulfide) groups is 1. The summed E-state index contributed by atoms with van der Waals surface area (Å²) in [4.78, 5) is 18.4. The number of thiazole rings is 1. The van der Waals surface area contributed by atoms with Crippen molar-refractivity contribution in [2.75, 3.05) is 25.1 Å². The zero-order chi connectivity index (χ0) is 22.9. The van der Waals surface area contributed by atoms with E-state index in [9.17, 15) is 13.2 Å². The third-order valence-corrected chi connectivity index (χ3v) is 10.7. The van der Waals surface area contributed by atoms with Gasteiger partial charge in [-0.1, -0.05) is 23.5 Å². The topological polar surface area (TPSA) is 71.7 Å². The minimum absolute atomic E-state index is 0.191. The van der Waals surface area contributed by atoms with Crippen LogP contribution in [-0.2, 0) is 21.4 Å². The maximum atomic E-state index is 13.2. The normalized spacial score (nSPS) is 18.5. The molecule has 6 nitrogen and oxygen atoms in total. The van der Waals surface area contributed by atoms with E-state index >= 15 is 0 Å². The van der Waals surface area contributed by atoms with Crippen molar-refractivity contribution < 1.29 is 13.2 Å². The number of sulfonamides is 1. The van der Waals surface area contributed by atoms with Crippen LogP contribution < -0.4 is 4.80 Å². The van der Waals surface area contributed by atoms with E-state index in [-0.39, 0.29) is 12.5 Å². The Hall–Kier alpha value is -1.46. The van der Waals surface area contributed by atoms with E-state index in [1.54, 1.807) is 40.6 Å². The first-order chi connectivity index (χ1) is 15.3. The molecule has 1 unspecified atom stereocenters. The van der Waals surface area contributed by atoms with Gasteiger partial charge in [-0.05, 0) is 61.6 Å². The number of carbonyl (C=O) groups excluding carboxylic acids is 1. The van der Waals surface area contributed by atoms with E-state index in [1.807, 2.05) is 0 Å². The molecule has 0 radical (unpaired) electrons. The lowest BCUT2D eigenvalue weighted by molar-refractivity contribution is -0.122. The van der Waals surface area contributed by atoms with Crippen LogP contribution >= 0.6 is 34.4 Å². The predicted molar refractivity (Wildman–Crippen MR) is 134 cm³/mol. The van der Waals surface area contributed by atoms with E-state index < -0.39 is 15.9 Å². The number of benzene rings is 1. The molecule has 1 aliphatic rings. The van der Waals surface area contributed by atoms with Crippen LogP contribution in [-0.4, -0.2) is 48.3 Å². The molecule has 1 amide bonds. The molecule has 2 aromatic heterocycles. The number of thiophene rings is 1. The zero-order valence-corrected chi connectivity index (χ0v) is 21.7. The van der Waals surface area contributed by atoms with Crippen LogP contribution in [0.3, 0.4) is 0 Å². The Labute approximate surface area is 201 Å². The molecule has 0 N–H and O–H groups in total. The fourth-order valence-corrected chi connectivity index (χ4v) is 8.23. The highest BCUT2D eigenvalue weighted by molar-refractivity contribution is 7.98. The van der Waals surface area contributed by atoms with Crippen LogP contribution in [0.1, 0.15) is 24.0 Å². The van der Waals surface area contributed by atoms with Crippen LogP contribution in [0.15, 0.2) is 38.8 Å². The SMILES string of the molecule is CSCCn1c(=NC(=O)C2CCCN(S(=O)(=O)c3cccs3)C2)sc2c(C)cc(C)cc21. The van der Waals surface area contributed by atoms with Gasteiger partial charge >= 0.3 is 0 Å². The molecule has 10 heteroatoms. The first kappa shape index (κ1) is 23.7. The molecule has 32 heavy (non-hydrogen) atoms. The van der Waals surface area contributed by atoms with Crippen molar-refractivity contribution in [2.45, 2.75) is 37.4 Å². The Morgan fingerprint density at radius 2 is 2.12 bits per heavy atom. The second-order valence-corrected chi connectivity index (χ2v) is 13.1. The van der Waals surface area contributed by atoms with Gasteiger partial charge in [0.05, 0.1) is 16.1 Å². The highest BCUT2D eigenvalue weighted by Crippen LogP contribution is 2.27. The molecule has 4 rings (SSSR count). The van der Waals surface area contributed by atoms with Gasteiger partial charge in [-0.15, -0.1) is 11.3 Å². The lowest BCUT2D eigenvalue weighted by Gasteiger charge is -2.29. The second-order valence-electron chi connectivity index (χ2n) is 8.04. The van der Waals surface area contributed by atoms with Gasteiger partial charge in [-0.25, -0.2) is 8.42 Å². The number of aryl methyl sites for hydroxylation is 3. The summed E-state index contributed by atoms with van der Waals surface area (Å²) in [7, 11) is -3.56. The predicted octanol–water partition coefficient (Wildman–Crippen LogP) is 4.27. The highest BCUT2D eigenvalue weighted by atomic mass is 32.2. The van der Waals surface area contributed by atoms with E-state index in [0.29, 0.717) is 28.4 Å². The number of nitrogens with zero attached hydrogens (tertiary/aromatic N) is 3. The number of fused-ring (bicyclic) bond motifs is 1. The number of piperidine rings is 1. The summed E-state index contributed by atoms with van der Waals surface area (Å²) < 4.78 is 30.9. The Kier molecular flexibility index (Phi) is 7.26. The summed E-state index contributed by atoms with van der Waals surface area (Å²) in [5.74, 6) is 0.284. The van der Waals surface area contributed by atoms with Gasteiger partial charge in [0.2, 0.25) is 0 Å². The average Bonchev–Trinajstić information content (AvgIpc) is 3.42. The number of carbonyl (C=O) groups is 1. The fraction of sp³-hybridized carbons (Fsp3) is 0.455. The van der Waals surface area contributed by atoms with Gasteiger partial charge in [-0.3, -0.25) is 4.79 Å². The maximum absolute atomic E-state index is 13.2. The molecule has 1 saturated heterocycles.